The van der Waals surface area contributed by atoms with Crippen LogP contribution in [0.3, 0.4) is 0 Å². The van der Waals surface area contributed by atoms with Crippen LogP contribution in [-0.4, -0.2) is 39.2 Å². The molecule has 8 nitrogen and oxygen atoms in total. The quantitative estimate of drug-likeness (QED) is 0.146. The summed E-state index contributed by atoms with van der Waals surface area (Å²) in [5, 5.41) is 10.8. The van der Waals surface area contributed by atoms with Crippen LogP contribution >= 0.6 is 27.3 Å². The van der Waals surface area contributed by atoms with Gasteiger partial charge in [-0.15, -0.1) is 11.3 Å². The van der Waals surface area contributed by atoms with Crippen LogP contribution in [0.5, 0.6) is 17.2 Å². The number of rotatable bonds is 11. The fourth-order valence-electron chi connectivity index (χ4n) is 4.78. The molecule has 6 rings (SSSR count). The SMILES string of the molecule is COc1ccccc1-c1nccc(COc2ccccc2CC(Oc2ccnc3sc(-c4ccc(F)cc4)c(Br)c23)C(=O)O)n1. The minimum absolute atomic E-state index is 0.0398. The zero-order valence-electron chi connectivity index (χ0n) is 23.8. The molecule has 3 aromatic carbocycles. The second-order valence-electron chi connectivity index (χ2n) is 9.86. The van der Waals surface area contributed by atoms with E-state index < -0.39 is 12.1 Å². The van der Waals surface area contributed by atoms with E-state index in [0.717, 1.165) is 16.0 Å². The van der Waals surface area contributed by atoms with Crippen LogP contribution in [0.4, 0.5) is 4.39 Å². The highest BCUT2D eigenvalue weighted by atomic mass is 79.9. The summed E-state index contributed by atoms with van der Waals surface area (Å²) in [4.78, 5) is 27.4. The maximum atomic E-state index is 13.5. The van der Waals surface area contributed by atoms with Crippen molar-refractivity contribution >= 4 is 43.5 Å². The minimum atomic E-state index is -1.22. The lowest BCUT2D eigenvalue weighted by Gasteiger charge is -2.18. The van der Waals surface area contributed by atoms with Crippen molar-refractivity contribution in [2.45, 2.75) is 19.1 Å². The Balaban J connectivity index is 1.22. The lowest BCUT2D eigenvalue weighted by atomic mass is 10.1. The molecule has 0 amide bonds. The van der Waals surface area contributed by atoms with Crippen molar-refractivity contribution in [3.05, 3.63) is 119 Å². The average Bonchev–Trinajstić information content (AvgIpc) is 3.41. The molecule has 11 heteroatoms. The van der Waals surface area contributed by atoms with Crippen molar-refractivity contribution in [2.24, 2.45) is 0 Å². The van der Waals surface area contributed by atoms with Crippen LogP contribution in [0, 0.1) is 5.82 Å². The third-order valence-corrected chi connectivity index (χ3v) is 9.16. The van der Waals surface area contributed by atoms with Gasteiger partial charge in [-0.25, -0.2) is 24.1 Å². The van der Waals surface area contributed by atoms with E-state index in [1.54, 1.807) is 49.8 Å². The normalized spacial score (nSPS) is 11.7. The molecule has 0 fully saturated rings. The van der Waals surface area contributed by atoms with E-state index in [1.807, 2.05) is 42.5 Å². The summed E-state index contributed by atoms with van der Waals surface area (Å²) in [6, 6.07) is 24.3. The second-order valence-corrected chi connectivity index (χ2v) is 11.7. The number of carboxylic acid groups (broad SMARTS) is 1. The summed E-state index contributed by atoms with van der Waals surface area (Å²) in [5.74, 6) is 0.589. The van der Waals surface area contributed by atoms with Crippen molar-refractivity contribution in [2.75, 3.05) is 7.11 Å². The molecule has 6 aromatic rings. The van der Waals surface area contributed by atoms with Crippen molar-refractivity contribution < 1.29 is 28.5 Å². The molecular weight excluding hydrogens is 661 g/mol. The number of methoxy groups -OCH3 is 1. The predicted molar refractivity (Wildman–Crippen MR) is 173 cm³/mol. The van der Waals surface area contributed by atoms with Crippen LogP contribution < -0.4 is 14.2 Å². The fourth-order valence-corrected chi connectivity index (χ4v) is 6.82. The molecule has 1 atom stereocenters. The molecule has 0 aliphatic rings. The van der Waals surface area contributed by atoms with E-state index in [-0.39, 0.29) is 18.8 Å². The average molecular weight is 687 g/mol. The number of halogens is 2. The summed E-state index contributed by atoms with van der Waals surface area (Å²) >= 11 is 5.05. The standard InChI is InChI=1S/C34H25BrFN3O5S/c1-42-26-9-5-3-7-24(26)32-37-16-14-23(39-32)19-43-25-8-4-2-6-21(25)18-28(34(40)41)44-27-15-17-38-33-29(27)30(35)31(45-33)20-10-12-22(36)13-11-20/h2-17,28H,18-19H2,1H3,(H,40,41). The Bertz CT molecular complexity index is 1990. The van der Waals surface area contributed by atoms with Gasteiger partial charge in [0.2, 0.25) is 0 Å². The topological polar surface area (TPSA) is 104 Å². The van der Waals surface area contributed by atoms with E-state index in [0.29, 0.717) is 49.0 Å². The molecule has 226 valence electrons. The lowest BCUT2D eigenvalue weighted by molar-refractivity contribution is -0.145. The van der Waals surface area contributed by atoms with Gasteiger partial charge in [-0.3, -0.25) is 0 Å². The molecule has 45 heavy (non-hydrogen) atoms. The van der Waals surface area contributed by atoms with Crippen LogP contribution in [0.15, 0.2) is 102 Å². The molecule has 0 aliphatic carbocycles. The Hall–Kier alpha value is -4.87. The van der Waals surface area contributed by atoms with E-state index in [1.165, 1.54) is 23.5 Å². The van der Waals surface area contributed by atoms with Gasteiger partial charge < -0.3 is 19.3 Å². The van der Waals surface area contributed by atoms with Crippen LogP contribution in [0.25, 0.3) is 32.0 Å². The van der Waals surface area contributed by atoms with Gasteiger partial charge in [0.25, 0.3) is 0 Å². The minimum Gasteiger partial charge on any atom is -0.496 e. The summed E-state index contributed by atoms with van der Waals surface area (Å²) < 4.78 is 31.9. The zero-order chi connectivity index (χ0) is 31.3. The highest BCUT2D eigenvalue weighted by Gasteiger charge is 2.25. The van der Waals surface area contributed by atoms with Gasteiger partial charge in [0, 0.05) is 23.3 Å². The number of para-hydroxylation sites is 2. The molecule has 0 saturated carbocycles. The molecule has 3 heterocycles. The first-order chi connectivity index (χ1) is 21.9. The Labute approximate surface area is 270 Å². The van der Waals surface area contributed by atoms with E-state index in [9.17, 15) is 14.3 Å². The Morgan fingerprint density at radius 3 is 2.44 bits per heavy atom. The molecule has 0 bridgehead atoms. The van der Waals surface area contributed by atoms with Crippen LogP contribution in [-0.2, 0) is 17.8 Å². The largest absolute Gasteiger partial charge is 0.496 e. The first kappa shape index (κ1) is 30.2. The summed E-state index contributed by atoms with van der Waals surface area (Å²) in [7, 11) is 1.60. The van der Waals surface area contributed by atoms with Crippen molar-refractivity contribution in [3.8, 4) is 39.1 Å². The highest BCUT2D eigenvalue weighted by Crippen LogP contribution is 2.45. The molecule has 0 saturated heterocycles. The van der Waals surface area contributed by atoms with Gasteiger partial charge in [-0.2, -0.15) is 0 Å². The van der Waals surface area contributed by atoms with Gasteiger partial charge in [-0.05, 0) is 69.5 Å². The van der Waals surface area contributed by atoms with Gasteiger partial charge in [0.05, 0.1) is 28.6 Å². The summed E-state index contributed by atoms with van der Waals surface area (Å²) in [5.41, 5.74) is 2.86. The Morgan fingerprint density at radius 1 is 0.933 bits per heavy atom. The van der Waals surface area contributed by atoms with E-state index in [2.05, 4.69) is 30.9 Å². The number of nitrogens with zero attached hydrogens (tertiary/aromatic N) is 3. The number of ether oxygens (including phenoxy) is 3. The summed E-state index contributed by atoms with van der Waals surface area (Å²) in [6.07, 6.45) is 2.05. The van der Waals surface area contributed by atoms with E-state index >= 15 is 0 Å². The van der Waals surface area contributed by atoms with Crippen LogP contribution in [0.2, 0.25) is 0 Å². The van der Waals surface area contributed by atoms with Crippen molar-refractivity contribution in [3.63, 3.8) is 0 Å². The lowest BCUT2D eigenvalue weighted by Crippen LogP contribution is -2.29. The zero-order valence-corrected chi connectivity index (χ0v) is 26.2. The summed E-state index contributed by atoms with van der Waals surface area (Å²) in [6.45, 7) is 0.138. The third kappa shape index (κ3) is 6.64. The Kier molecular flexibility index (Phi) is 8.99. The number of carboxylic acids is 1. The number of carbonyl (C=O) groups is 1. The molecular formula is C34H25BrFN3O5S. The van der Waals surface area contributed by atoms with Gasteiger partial charge in [0.15, 0.2) is 11.9 Å². The number of hydrogen-bond acceptors (Lipinski definition) is 8. The molecule has 0 radical (unpaired) electrons. The maximum absolute atomic E-state index is 13.5. The first-order valence-corrected chi connectivity index (χ1v) is 15.4. The van der Waals surface area contributed by atoms with Crippen molar-refractivity contribution in [1.82, 2.24) is 15.0 Å². The molecule has 3 aromatic heterocycles. The number of thiophene rings is 1. The fraction of sp³-hybridized carbons (Fsp3) is 0.118. The first-order valence-electron chi connectivity index (χ1n) is 13.8. The Morgan fingerprint density at radius 2 is 1.67 bits per heavy atom. The predicted octanol–water partition coefficient (Wildman–Crippen LogP) is 7.98. The molecule has 0 aliphatic heterocycles. The number of pyridine rings is 1. The smallest absolute Gasteiger partial charge is 0.345 e. The number of benzene rings is 3. The van der Waals surface area contributed by atoms with Gasteiger partial charge in [0.1, 0.15) is 34.5 Å². The molecule has 1 N–H and O–H groups in total. The monoisotopic (exact) mass is 685 g/mol. The highest BCUT2D eigenvalue weighted by molar-refractivity contribution is 9.10. The third-order valence-electron chi connectivity index (χ3n) is 6.96. The number of fused-ring (bicyclic) bond motifs is 1. The van der Waals surface area contributed by atoms with Crippen LogP contribution in [0.1, 0.15) is 11.3 Å². The van der Waals surface area contributed by atoms with Gasteiger partial charge in [-0.1, -0.05) is 42.5 Å². The molecule has 0 spiro atoms. The second kappa shape index (κ2) is 13.4. The van der Waals surface area contributed by atoms with Gasteiger partial charge >= 0.3 is 5.97 Å². The number of hydrogen-bond donors (Lipinski definition) is 1. The van der Waals surface area contributed by atoms with E-state index in [4.69, 9.17) is 14.2 Å². The number of aliphatic carboxylic acids is 1. The van der Waals surface area contributed by atoms with Crippen molar-refractivity contribution in [1.29, 1.82) is 0 Å². The molecule has 1 unspecified atom stereocenters. The maximum Gasteiger partial charge on any atom is 0.345 e. The number of aromatic nitrogens is 3.